The van der Waals surface area contributed by atoms with E-state index in [-0.39, 0.29) is 43.2 Å². The molecule has 1 saturated heterocycles. The number of nitrogens with one attached hydrogen (secondary N) is 3. The quantitative estimate of drug-likeness (QED) is 0.263. The van der Waals surface area contributed by atoms with Gasteiger partial charge in [-0.25, -0.2) is 0 Å². The molecule has 4 aliphatic rings. The summed E-state index contributed by atoms with van der Waals surface area (Å²) in [6.45, 7) is 11.6. The molecule has 3 N–H and O–H groups in total. The molecule has 53 heavy (non-hydrogen) atoms. The van der Waals surface area contributed by atoms with Crippen molar-refractivity contribution in [2.75, 3.05) is 20.2 Å². The Bertz CT molecular complexity index is 1780. The van der Waals surface area contributed by atoms with Crippen LogP contribution in [-0.2, 0) is 28.8 Å². The Morgan fingerprint density at radius 3 is 2.30 bits per heavy atom. The van der Waals surface area contributed by atoms with Gasteiger partial charge in [-0.1, -0.05) is 69.1 Å². The highest BCUT2D eigenvalue weighted by Crippen LogP contribution is 2.48. The zero-order chi connectivity index (χ0) is 38.2. The number of ketones is 1. The monoisotopic (exact) mass is 727 g/mol. The van der Waals surface area contributed by atoms with E-state index < -0.39 is 52.6 Å². The first-order valence-corrected chi connectivity index (χ1v) is 18.8. The third-order valence-corrected chi connectivity index (χ3v) is 11.0. The van der Waals surface area contributed by atoms with Crippen LogP contribution >= 0.6 is 0 Å². The number of carbonyl (C=O) groups excluding carboxylic acids is 5. The molecule has 1 spiro atoms. The van der Waals surface area contributed by atoms with Crippen molar-refractivity contribution in [3.05, 3.63) is 64.7 Å². The van der Waals surface area contributed by atoms with Gasteiger partial charge in [-0.05, 0) is 79.7 Å². The summed E-state index contributed by atoms with van der Waals surface area (Å²) >= 11 is 0. The number of rotatable bonds is 13. The maximum atomic E-state index is 14.8. The fraction of sp³-hybridized carbons (Fsp3) is 0.561. The first-order chi connectivity index (χ1) is 25.1. The molecule has 2 aromatic rings. The molecule has 284 valence electrons. The van der Waals surface area contributed by atoms with Crippen LogP contribution in [0.15, 0.2) is 47.6 Å². The normalized spacial score (nSPS) is 24.5. The largest absolute Gasteiger partial charge is 0.496 e. The van der Waals surface area contributed by atoms with Crippen LogP contribution in [0.25, 0.3) is 0 Å². The molecule has 4 amide bonds. The molecular weight excluding hydrogens is 674 g/mol. The average Bonchev–Trinajstić information content (AvgIpc) is 4.04. The molecule has 2 heterocycles. The fourth-order valence-corrected chi connectivity index (χ4v) is 7.93. The lowest BCUT2D eigenvalue weighted by Crippen LogP contribution is -2.59. The second kappa shape index (κ2) is 14.9. The fourth-order valence-electron chi connectivity index (χ4n) is 7.93. The number of amides is 4. The van der Waals surface area contributed by atoms with E-state index in [0.717, 1.165) is 40.8 Å². The van der Waals surface area contributed by atoms with Crippen molar-refractivity contribution in [1.82, 2.24) is 20.9 Å². The summed E-state index contributed by atoms with van der Waals surface area (Å²) in [6.07, 6.45) is 3.33. The minimum absolute atomic E-state index is 0.0428. The molecule has 12 heteroatoms. The number of hydrogen-bond donors (Lipinski definition) is 3. The second-order valence-corrected chi connectivity index (χ2v) is 16.4. The topological polar surface area (TPSA) is 156 Å². The third kappa shape index (κ3) is 8.26. The van der Waals surface area contributed by atoms with Crippen molar-refractivity contribution in [1.29, 1.82) is 0 Å². The number of ether oxygens (including phenoxy) is 1. The Labute approximate surface area is 311 Å². The number of likely N-dealkylation sites (N-methyl/N-ethyl adjacent to an activating group) is 1. The molecule has 2 aromatic carbocycles. The highest BCUT2D eigenvalue weighted by molar-refractivity contribution is 6.38. The number of oxime groups is 1. The molecule has 2 aliphatic heterocycles. The molecule has 0 bridgehead atoms. The summed E-state index contributed by atoms with van der Waals surface area (Å²) in [5.41, 5.74) is 2.79. The van der Waals surface area contributed by atoms with E-state index in [2.05, 4.69) is 21.1 Å². The molecule has 12 nitrogen and oxygen atoms in total. The van der Waals surface area contributed by atoms with Gasteiger partial charge in [0.25, 0.3) is 5.91 Å². The van der Waals surface area contributed by atoms with Crippen LogP contribution in [-0.4, -0.2) is 83.9 Å². The Morgan fingerprint density at radius 2 is 1.70 bits per heavy atom. The second-order valence-electron chi connectivity index (χ2n) is 16.4. The van der Waals surface area contributed by atoms with Gasteiger partial charge >= 0.3 is 0 Å². The maximum absolute atomic E-state index is 14.8. The lowest BCUT2D eigenvalue weighted by Gasteiger charge is -2.35. The first-order valence-electron chi connectivity index (χ1n) is 18.8. The molecule has 6 rings (SSSR count). The van der Waals surface area contributed by atoms with Crippen LogP contribution in [0.4, 0.5) is 0 Å². The van der Waals surface area contributed by atoms with E-state index in [1.165, 1.54) is 4.90 Å². The number of nitrogens with zero attached hydrogens (tertiary/aromatic N) is 2. The number of Topliss-reactive ketones (excluding diaryl/α,β-unsaturated/α-hetero) is 1. The molecule has 0 radical (unpaired) electrons. The minimum Gasteiger partial charge on any atom is -0.496 e. The van der Waals surface area contributed by atoms with E-state index in [1.807, 2.05) is 77.1 Å². The lowest BCUT2D eigenvalue weighted by atomic mass is 9.85. The summed E-state index contributed by atoms with van der Waals surface area (Å²) in [7, 11) is 1.63. The molecule has 0 aromatic heterocycles. The van der Waals surface area contributed by atoms with Crippen molar-refractivity contribution in [3.63, 3.8) is 0 Å². The Kier molecular flexibility index (Phi) is 10.7. The molecular formula is C41H53N5O7. The number of likely N-dealkylation sites (tertiary alicyclic amines) is 1. The number of methoxy groups -OCH3 is 1. The van der Waals surface area contributed by atoms with Crippen molar-refractivity contribution in [3.8, 4) is 5.75 Å². The van der Waals surface area contributed by atoms with Crippen molar-refractivity contribution < 1.29 is 33.5 Å². The van der Waals surface area contributed by atoms with Gasteiger partial charge in [0.05, 0.1) is 25.4 Å². The van der Waals surface area contributed by atoms with Gasteiger partial charge in [0.2, 0.25) is 23.5 Å². The van der Waals surface area contributed by atoms with Gasteiger partial charge in [-0.15, -0.1) is 0 Å². The zero-order valence-electron chi connectivity index (χ0n) is 31.9. The Morgan fingerprint density at radius 1 is 1.02 bits per heavy atom. The summed E-state index contributed by atoms with van der Waals surface area (Å²) < 4.78 is 5.56. The van der Waals surface area contributed by atoms with E-state index in [0.29, 0.717) is 25.0 Å². The highest BCUT2D eigenvalue weighted by atomic mass is 16.7. The number of benzene rings is 2. The third-order valence-electron chi connectivity index (χ3n) is 11.0. The van der Waals surface area contributed by atoms with Crippen molar-refractivity contribution in [2.24, 2.45) is 22.4 Å². The van der Waals surface area contributed by atoms with Crippen LogP contribution in [0.1, 0.15) is 94.4 Å². The van der Waals surface area contributed by atoms with Gasteiger partial charge in [0.1, 0.15) is 17.8 Å². The zero-order valence-corrected chi connectivity index (χ0v) is 31.9. The van der Waals surface area contributed by atoms with Crippen LogP contribution in [0.2, 0.25) is 0 Å². The molecule has 3 fully saturated rings. The summed E-state index contributed by atoms with van der Waals surface area (Å²) in [5, 5.41) is 13.0. The SMILES string of the molecule is CCNC(=O)C(=O)[C@H](CC1CC1)NC(=O)[C@@H]1C[C@]2(CC(c3cc(C)c(OC)c(C)c3)=NO2)CN1C(=O)[C@@H](NC(=O)[C@@H]1CC1c1ccccc1)C(C)(C)C. The lowest BCUT2D eigenvalue weighted by molar-refractivity contribution is -0.145. The summed E-state index contributed by atoms with van der Waals surface area (Å²) in [5.74, 6) is -1.77. The van der Waals surface area contributed by atoms with E-state index >= 15 is 0 Å². The van der Waals surface area contributed by atoms with Crippen LogP contribution in [0, 0.1) is 31.1 Å². The Balaban J connectivity index is 1.26. The van der Waals surface area contributed by atoms with Gasteiger partial charge in [0, 0.05) is 30.9 Å². The Hall–Kier alpha value is -4.74. The number of carbonyl (C=O) groups is 5. The predicted octanol–water partition coefficient (Wildman–Crippen LogP) is 4.10. The van der Waals surface area contributed by atoms with E-state index in [4.69, 9.17) is 9.57 Å². The van der Waals surface area contributed by atoms with Gasteiger partial charge in [0.15, 0.2) is 5.60 Å². The molecule has 6 atom stereocenters. The average molecular weight is 728 g/mol. The standard InChI is InChI=1S/C41H53N5O7/c1-8-42-38(50)33(47)30(18-25-14-15-25)43-37(49)32-21-41(20-31(45-53-41)27-16-23(2)34(52-7)24(3)17-27)22-46(32)39(51)35(40(4,5)6)44-36(48)29-19-28(29)26-12-10-9-11-13-26/h9-13,16-17,25,28-30,32,35H,8,14-15,18-22H2,1-7H3,(H,42,50)(H,43,49)(H,44,48)/t28?,29-,30+,32+,35-,41-/m1/s1. The number of hydrogen-bond acceptors (Lipinski definition) is 8. The van der Waals surface area contributed by atoms with Crippen LogP contribution in [0.3, 0.4) is 0 Å². The minimum atomic E-state index is -1.04. The van der Waals surface area contributed by atoms with Gasteiger partial charge < -0.3 is 30.4 Å². The van der Waals surface area contributed by atoms with Gasteiger partial charge in [-0.3, -0.25) is 24.0 Å². The van der Waals surface area contributed by atoms with Crippen LogP contribution in [0.5, 0.6) is 5.75 Å². The summed E-state index contributed by atoms with van der Waals surface area (Å²) in [6, 6.07) is 10.8. The van der Waals surface area contributed by atoms with Crippen molar-refractivity contribution >= 4 is 35.1 Å². The smallest absolute Gasteiger partial charge is 0.289 e. The van der Waals surface area contributed by atoms with Gasteiger partial charge in [-0.2, -0.15) is 0 Å². The van der Waals surface area contributed by atoms with Crippen LogP contribution < -0.4 is 20.7 Å². The first kappa shape index (κ1) is 38.0. The van der Waals surface area contributed by atoms with E-state index in [9.17, 15) is 24.0 Å². The maximum Gasteiger partial charge on any atom is 0.289 e. The van der Waals surface area contributed by atoms with E-state index in [1.54, 1.807) is 14.0 Å². The van der Waals surface area contributed by atoms with Crippen molar-refractivity contribution in [2.45, 2.75) is 110 Å². The predicted molar refractivity (Wildman–Crippen MR) is 199 cm³/mol. The molecule has 2 saturated carbocycles. The summed E-state index contributed by atoms with van der Waals surface area (Å²) in [4.78, 5) is 76.4. The molecule has 2 aliphatic carbocycles. The number of aryl methyl sites for hydroxylation is 2. The highest BCUT2D eigenvalue weighted by Gasteiger charge is 2.56. The molecule has 1 unspecified atom stereocenters.